The van der Waals surface area contributed by atoms with Gasteiger partial charge in [-0.05, 0) is 53.6 Å². The highest BCUT2D eigenvalue weighted by atomic mass is 35.5. The van der Waals surface area contributed by atoms with Crippen molar-refractivity contribution in [3.05, 3.63) is 93.0 Å². The Balaban J connectivity index is 1.55. The Labute approximate surface area is 178 Å². The molecule has 7 nitrogen and oxygen atoms in total. The predicted molar refractivity (Wildman–Crippen MR) is 117 cm³/mol. The standard InChI is InChI=1S/C22H20ClN3O4/c1-30-20-9-6-18(7-10-20)25-22(27)12-15-2-4-17(5-3-15)24-14-16-13-19(26(28)29)8-11-21(16)23/h2-11,13,24H,12,14H2,1H3,(H,25,27). The van der Waals surface area contributed by atoms with E-state index >= 15 is 0 Å². The molecule has 0 saturated heterocycles. The number of nitro benzene ring substituents is 1. The van der Waals surface area contributed by atoms with Crippen LogP contribution in [-0.4, -0.2) is 17.9 Å². The summed E-state index contributed by atoms with van der Waals surface area (Å²) in [5.41, 5.74) is 3.01. The fraction of sp³-hybridized carbons (Fsp3) is 0.136. The number of nitrogens with zero attached hydrogens (tertiary/aromatic N) is 1. The highest BCUT2D eigenvalue weighted by Crippen LogP contribution is 2.23. The first-order valence-corrected chi connectivity index (χ1v) is 9.52. The van der Waals surface area contributed by atoms with Gasteiger partial charge < -0.3 is 15.4 Å². The van der Waals surface area contributed by atoms with Gasteiger partial charge in [-0.1, -0.05) is 23.7 Å². The van der Waals surface area contributed by atoms with E-state index in [9.17, 15) is 14.9 Å². The number of hydrogen-bond donors (Lipinski definition) is 2. The number of anilines is 2. The van der Waals surface area contributed by atoms with Gasteiger partial charge in [-0.3, -0.25) is 14.9 Å². The third kappa shape index (κ3) is 5.71. The van der Waals surface area contributed by atoms with Gasteiger partial charge in [0.2, 0.25) is 5.91 Å². The highest BCUT2D eigenvalue weighted by molar-refractivity contribution is 6.31. The van der Waals surface area contributed by atoms with Gasteiger partial charge in [-0.2, -0.15) is 0 Å². The monoisotopic (exact) mass is 425 g/mol. The van der Waals surface area contributed by atoms with Crippen LogP contribution in [0.15, 0.2) is 66.7 Å². The van der Waals surface area contributed by atoms with E-state index < -0.39 is 4.92 Å². The number of non-ortho nitro benzene ring substituents is 1. The van der Waals surface area contributed by atoms with E-state index in [1.165, 1.54) is 18.2 Å². The molecule has 0 bridgehead atoms. The molecule has 8 heteroatoms. The Bertz CT molecular complexity index is 1040. The molecule has 0 atom stereocenters. The molecule has 3 aromatic rings. The van der Waals surface area contributed by atoms with Crippen molar-refractivity contribution >= 4 is 34.6 Å². The molecule has 0 heterocycles. The fourth-order valence-corrected chi connectivity index (χ4v) is 3.00. The van der Waals surface area contributed by atoms with E-state index in [-0.39, 0.29) is 18.0 Å². The minimum Gasteiger partial charge on any atom is -0.497 e. The number of ether oxygens (including phenoxy) is 1. The summed E-state index contributed by atoms with van der Waals surface area (Å²) >= 11 is 6.12. The number of amides is 1. The number of rotatable bonds is 8. The molecule has 0 saturated carbocycles. The largest absolute Gasteiger partial charge is 0.497 e. The molecule has 0 aliphatic carbocycles. The van der Waals surface area contributed by atoms with Gasteiger partial charge in [0.25, 0.3) is 5.69 Å². The van der Waals surface area contributed by atoms with Gasteiger partial charge in [-0.15, -0.1) is 0 Å². The lowest BCUT2D eigenvalue weighted by Crippen LogP contribution is -2.14. The van der Waals surface area contributed by atoms with Gasteiger partial charge in [0, 0.05) is 35.1 Å². The number of benzene rings is 3. The van der Waals surface area contributed by atoms with E-state index in [2.05, 4.69) is 10.6 Å². The second-order valence-electron chi connectivity index (χ2n) is 6.54. The van der Waals surface area contributed by atoms with Gasteiger partial charge >= 0.3 is 0 Å². The lowest BCUT2D eigenvalue weighted by molar-refractivity contribution is -0.384. The first kappa shape index (κ1) is 21.1. The normalized spacial score (nSPS) is 10.3. The van der Waals surface area contributed by atoms with Gasteiger partial charge in [0.05, 0.1) is 18.5 Å². The second-order valence-corrected chi connectivity index (χ2v) is 6.94. The van der Waals surface area contributed by atoms with Crippen LogP contribution in [0, 0.1) is 10.1 Å². The van der Waals surface area contributed by atoms with Crippen molar-refractivity contribution in [2.75, 3.05) is 17.7 Å². The average Bonchev–Trinajstić information content (AvgIpc) is 2.74. The Morgan fingerprint density at radius 3 is 2.33 bits per heavy atom. The minimum atomic E-state index is -0.453. The van der Waals surface area contributed by atoms with Crippen LogP contribution in [0.2, 0.25) is 5.02 Å². The van der Waals surface area contributed by atoms with Gasteiger partial charge in [-0.25, -0.2) is 0 Å². The maximum absolute atomic E-state index is 12.2. The van der Waals surface area contributed by atoms with E-state index in [0.29, 0.717) is 22.8 Å². The zero-order chi connectivity index (χ0) is 21.5. The molecule has 0 fully saturated rings. The predicted octanol–water partition coefficient (Wildman–Crippen LogP) is 5.05. The van der Waals surface area contributed by atoms with Crippen molar-refractivity contribution in [1.29, 1.82) is 0 Å². The molecule has 154 valence electrons. The molecule has 3 aromatic carbocycles. The summed E-state index contributed by atoms with van der Waals surface area (Å²) in [6.45, 7) is 0.345. The molecule has 0 spiro atoms. The van der Waals surface area contributed by atoms with E-state index in [1.807, 2.05) is 24.3 Å². The summed E-state index contributed by atoms with van der Waals surface area (Å²) in [5.74, 6) is 0.603. The molecular formula is C22H20ClN3O4. The zero-order valence-electron chi connectivity index (χ0n) is 16.2. The maximum Gasteiger partial charge on any atom is 0.269 e. The molecule has 0 aliphatic rings. The molecule has 1 amide bonds. The number of halogens is 1. The third-order valence-electron chi connectivity index (χ3n) is 4.42. The van der Waals surface area contributed by atoms with Crippen molar-refractivity contribution in [2.24, 2.45) is 0 Å². The van der Waals surface area contributed by atoms with Crippen LogP contribution in [0.4, 0.5) is 17.1 Å². The Hall–Kier alpha value is -3.58. The van der Waals surface area contributed by atoms with Crippen molar-refractivity contribution < 1.29 is 14.5 Å². The average molecular weight is 426 g/mol. The Kier molecular flexibility index (Phi) is 6.87. The van der Waals surface area contributed by atoms with E-state index in [4.69, 9.17) is 16.3 Å². The summed E-state index contributed by atoms with van der Waals surface area (Å²) in [7, 11) is 1.59. The number of hydrogen-bond acceptors (Lipinski definition) is 5. The van der Waals surface area contributed by atoms with Crippen LogP contribution < -0.4 is 15.4 Å². The Morgan fingerprint density at radius 1 is 1.03 bits per heavy atom. The van der Waals surface area contributed by atoms with Gasteiger partial charge in [0.1, 0.15) is 5.75 Å². The molecule has 0 unspecified atom stereocenters. The molecule has 30 heavy (non-hydrogen) atoms. The number of nitrogens with one attached hydrogen (secondary N) is 2. The van der Waals surface area contributed by atoms with E-state index in [0.717, 1.165) is 17.0 Å². The van der Waals surface area contributed by atoms with Crippen LogP contribution in [0.3, 0.4) is 0 Å². The zero-order valence-corrected chi connectivity index (χ0v) is 17.0. The number of methoxy groups -OCH3 is 1. The van der Waals surface area contributed by atoms with Crippen molar-refractivity contribution in [2.45, 2.75) is 13.0 Å². The van der Waals surface area contributed by atoms with Gasteiger partial charge in [0.15, 0.2) is 0 Å². The summed E-state index contributed by atoms with van der Waals surface area (Å²) < 4.78 is 5.10. The van der Waals surface area contributed by atoms with E-state index in [1.54, 1.807) is 31.4 Å². The fourth-order valence-electron chi connectivity index (χ4n) is 2.81. The molecule has 0 radical (unpaired) electrons. The SMILES string of the molecule is COc1ccc(NC(=O)Cc2ccc(NCc3cc([N+](=O)[O-])ccc3Cl)cc2)cc1. The highest BCUT2D eigenvalue weighted by Gasteiger charge is 2.10. The maximum atomic E-state index is 12.2. The number of carbonyl (C=O) groups excluding carboxylic acids is 1. The van der Waals surface area contributed by atoms with Crippen molar-refractivity contribution in [3.8, 4) is 5.75 Å². The molecular weight excluding hydrogens is 406 g/mol. The second kappa shape index (κ2) is 9.76. The van der Waals surface area contributed by atoms with Crippen LogP contribution in [0.5, 0.6) is 5.75 Å². The van der Waals surface area contributed by atoms with Crippen molar-refractivity contribution in [1.82, 2.24) is 0 Å². The Morgan fingerprint density at radius 2 is 1.70 bits per heavy atom. The number of nitro groups is 1. The minimum absolute atomic E-state index is 0.00517. The first-order valence-electron chi connectivity index (χ1n) is 9.14. The molecule has 2 N–H and O–H groups in total. The van der Waals surface area contributed by atoms with Crippen LogP contribution in [-0.2, 0) is 17.8 Å². The van der Waals surface area contributed by atoms with Crippen molar-refractivity contribution in [3.63, 3.8) is 0 Å². The smallest absolute Gasteiger partial charge is 0.269 e. The van der Waals surface area contributed by atoms with Crippen LogP contribution >= 0.6 is 11.6 Å². The van der Waals surface area contributed by atoms with Crippen LogP contribution in [0.1, 0.15) is 11.1 Å². The first-order chi connectivity index (χ1) is 14.4. The summed E-state index contributed by atoms with van der Waals surface area (Å²) in [6.07, 6.45) is 0.239. The molecule has 0 aromatic heterocycles. The topological polar surface area (TPSA) is 93.5 Å². The number of carbonyl (C=O) groups is 1. The third-order valence-corrected chi connectivity index (χ3v) is 4.78. The summed E-state index contributed by atoms with van der Waals surface area (Å²) in [6, 6.07) is 18.9. The quantitative estimate of drug-likeness (QED) is 0.389. The lowest BCUT2D eigenvalue weighted by atomic mass is 10.1. The summed E-state index contributed by atoms with van der Waals surface area (Å²) in [4.78, 5) is 22.7. The molecule has 0 aliphatic heterocycles. The van der Waals surface area contributed by atoms with Crippen LogP contribution in [0.25, 0.3) is 0 Å². The lowest BCUT2D eigenvalue weighted by Gasteiger charge is -2.10. The molecule has 3 rings (SSSR count). The summed E-state index contributed by atoms with van der Waals surface area (Å²) in [5, 5.41) is 17.4.